The number of carbonyl (C=O) groups excluding carboxylic acids is 1. The van der Waals surface area contributed by atoms with Gasteiger partial charge in [-0.25, -0.2) is 4.68 Å². The van der Waals surface area contributed by atoms with Gasteiger partial charge in [0.1, 0.15) is 5.69 Å². The molecule has 31 heavy (non-hydrogen) atoms. The van der Waals surface area contributed by atoms with E-state index in [0.29, 0.717) is 30.8 Å². The maximum absolute atomic E-state index is 13.7. The molecule has 2 aromatic carbocycles. The second-order valence-electron chi connectivity index (χ2n) is 7.75. The van der Waals surface area contributed by atoms with E-state index in [1.54, 1.807) is 12.3 Å². The molecule has 0 saturated heterocycles. The Bertz CT molecular complexity index is 1310. The van der Waals surface area contributed by atoms with Crippen molar-refractivity contribution in [2.45, 2.75) is 19.9 Å². The number of benzene rings is 2. The third-order valence-electron chi connectivity index (χ3n) is 5.78. The van der Waals surface area contributed by atoms with Gasteiger partial charge in [-0.2, -0.15) is 5.10 Å². The summed E-state index contributed by atoms with van der Waals surface area (Å²) in [5, 5.41) is 4.84. The van der Waals surface area contributed by atoms with E-state index in [9.17, 15) is 9.59 Å². The lowest BCUT2D eigenvalue weighted by atomic mass is 10.00. The summed E-state index contributed by atoms with van der Waals surface area (Å²) in [7, 11) is 0. The van der Waals surface area contributed by atoms with E-state index in [-0.39, 0.29) is 11.5 Å². The number of H-pyrrole nitrogens is 1. The number of aromatic nitrogens is 3. The molecule has 0 atom stereocenters. The molecule has 5 rings (SSSR count). The normalized spacial score (nSPS) is 13.1. The molecule has 154 valence electrons. The number of aromatic amines is 1. The number of fused-ring (bicyclic) bond motifs is 1. The Morgan fingerprint density at radius 2 is 1.71 bits per heavy atom. The monoisotopic (exact) mass is 410 g/mol. The molecule has 0 bridgehead atoms. The SMILES string of the molecule is Cc1c(C(=O)N2CCc3cc(=O)[nH]cc3C2)c(-c2ccccc2)nn1-c1ccccc1. The van der Waals surface area contributed by atoms with Gasteiger partial charge < -0.3 is 9.88 Å². The summed E-state index contributed by atoms with van der Waals surface area (Å²) in [6, 6.07) is 21.3. The maximum Gasteiger partial charge on any atom is 0.258 e. The fourth-order valence-corrected chi connectivity index (χ4v) is 4.17. The van der Waals surface area contributed by atoms with Crippen LogP contribution in [0.4, 0.5) is 0 Å². The van der Waals surface area contributed by atoms with E-state index in [1.807, 2.05) is 77.2 Å². The molecule has 6 heteroatoms. The molecular weight excluding hydrogens is 388 g/mol. The average molecular weight is 410 g/mol. The highest BCUT2D eigenvalue weighted by Crippen LogP contribution is 2.30. The van der Waals surface area contributed by atoms with Gasteiger partial charge in [0.25, 0.3) is 5.91 Å². The van der Waals surface area contributed by atoms with Gasteiger partial charge in [0.2, 0.25) is 5.56 Å². The molecule has 0 radical (unpaired) electrons. The number of nitrogens with zero attached hydrogens (tertiary/aromatic N) is 3. The van der Waals surface area contributed by atoms with Crippen LogP contribution < -0.4 is 5.56 Å². The first-order chi connectivity index (χ1) is 15.1. The lowest BCUT2D eigenvalue weighted by Crippen LogP contribution is -2.37. The Labute approximate surface area is 179 Å². The topological polar surface area (TPSA) is 71.0 Å². The molecule has 1 aliphatic rings. The third kappa shape index (κ3) is 3.46. The predicted molar refractivity (Wildman–Crippen MR) is 119 cm³/mol. The van der Waals surface area contributed by atoms with Crippen molar-refractivity contribution >= 4 is 5.91 Å². The van der Waals surface area contributed by atoms with Crippen molar-refractivity contribution in [2.24, 2.45) is 0 Å². The summed E-state index contributed by atoms with van der Waals surface area (Å²) < 4.78 is 1.84. The van der Waals surface area contributed by atoms with Crippen LogP contribution in [0.15, 0.2) is 77.7 Å². The van der Waals surface area contributed by atoms with Crippen LogP contribution in [0.3, 0.4) is 0 Å². The number of pyridine rings is 1. The van der Waals surface area contributed by atoms with Gasteiger partial charge in [-0.3, -0.25) is 9.59 Å². The summed E-state index contributed by atoms with van der Waals surface area (Å²) in [5.41, 5.74) is 5.80. The van der Waals surface area contributed by atoms with E-state index < -0.39 is 0 Å². The minimum absolute atomic E-state index is 0.0459. The Morgan fingerprint density at radius 3 is 2.45 bits per heavy atom. The second-order valence-corrected chi connectivity index (χ2v) is 7.75. The third-order valence-corrected chi connectivity index (χ3v) is 5.78. The molecule has 0 spiro atoms. The molecule has 6 nitrogen and oxygen atoms in total. The van der Waals surface area contributed by atoms with Crippen LogP contribution in [0.5, 0.6) is 0 Å². The minimum Gasteiger partial charge on any atom is -0.334 e. The van der Waals surface area contributed by atoms with Crippen LogP contribution in [0.1, 0.15) is 27.2 Å². The largest absolute Gasteiger partial charge is 0.334 e. The van der Waals surface area contributed by atoms with Crippen molar-refractivity contribution in [3.05, 3.63) is 106 Å². The first kappa shape index (κ1) is 19.1. The van der Waals surface area contributed by atoms with Crippen LogP contribution >= 0.6 is 0 Å². The molecule has 1 amide bonds. The number of hydrogen-bond donors (Lipinski definition) is 1. The Balaban J connectivity index is 1.59. The summed E-state index contributed by atoms with van der Waals surface area (Å²) >= 11 is 0. The zero-order valence-electron chi connectivity index (χ0n) is 17.2. The first-order valence-corrected chi connectivity index (χ1v) is 10.3. The van der Waals surface area contributed by atoms with E-state index in [4.69, 9.17) is 5.10 Å². The number of nitrogens with one attached hydrogen (secondary N) is 1. The highest BCUT2D eigenvalue weighted by atomic mass is 16.2. The van der Waals surface area contributed by atoms with Gasteiger partial charge >= 0.3 is 0 Å². The first-order valence-electron chi connectivity index (χ1n) is 10.3. The lowest BCUT2D eigenvalue weighted by Gasteiger charge is -2.28. The van der Waals surface area contributed by atoms with Crippen molar-refractivity contribution in [1.82, 2.24) is 19.7 Å². The molecular formula is C25H22N4O2. The number of rotatable bonds is 3. The maximum atomic E-state index is 13.7. The minimum atomic E-state index is -0.107. The van der Waals surface area contributed by atoms with Gasteiger partial charge in [-0.15, -0.1) is 0 Å². The van der Waals surface area contributed by atoms with Crippen molar-refractivity contribution in [3.8, 4) is 16.9 Å². The summed E-state index contributed by atoms with van der Waals surface area (Å²) in [6.07, 6.45) is 2.38. The molecule has 0 unspecified atom stereocenters. The number of para-hydroxylation sites is 1. The second kappa shape index (κ2) is 7.72. The standard InChI is InChI=1S/C25H22N4O2/c1-17-23(25(31)28-13-12-19-14-22(30)26-15-20(19)16-28)24(18-8-4-2-5-9-18)27-29(17)21-10-6-3-7-11-21/h2-11,14-15H,12-13,16H2,1H3,(H,26,30). The van der Waals surface area contributed by atoms with Crippen LogP contribution in [0.2, 0.25) is 0 Å². The zero-order chi connectivity index (χ0) is 21.4. The molecule has 1 N–H and O–H groups in total. The average Bonchev–Trinajstić information content (AvgIpc) is 3.16. The zero-order valence-corrected chi connectivity index (χ0v) is 17.2. The van der Waals surface area contributed by atoms with Crippen LogP contribution in [0, 0.1) is 6.92 Å². The van der Waals surface area contributed by atoms with Crippen LogP contribution in [-0.4, -0.2) is 32.1 Å². The highest BCUT2D eigenvalue weighted by molar-refractivity contribution is 6.01. The van der Waals surface area contributed by atoms with Gasteiger partial charge in [-0.1, -0.05) is 48.5 Å². The van der Waals surface area contributed by atoms with Gasteiger partial charge in [0.05, 0.1) is 16.9 Å². The van der Waals surface area contributed by atoms with E-state index in [1.165, 1.54) is 0 Å². The van der Waals surface area contributed by atoms with Gasteiger partial charge in [0.15, 0.2) is 0 Å². The van der Waals surface area contributed by atoms with Gasteiger partial charge in [0, 0.05) is 30.9 Å². The number of amides is 1. The quantitative estimate of drug-likeness (QED) is 0.559. The fourth-order valence-electron chi connectivity index (χ4n) is 4.17. The molecule has 0 fully saturated rings. The Hall–Kier alpha value is -3.93. The summed E-state index contributed by atoms with van der Waals surface area (Å²) in [6.45, 7) is 2.98. The Kier molecular flexibility index (Phi) is 4.75. The van der Waals surface area contributed by atoms with Crippen molar-refractivity contribution < 1.29 is 4.79 Å². The molecule has 4 aromatic rings. The predicted octanol–water partition coefficient (Wildman–Crippen LogP) is 3.73. The smallest absolute Gasteiger partial charge is 0.258 e. The van der Waals surface area contributed by atoms with E-state index in [2.05, 4.69) is 4.98 Å². The van der Waals surface area contributed by atoms with Crippen LogP contribution in [0.25, 0.3) is 16.9 Å². The Morgan fingerprint density at radius 1 is 1.00 bits per heavy atom. The van der Waals surface area contributed by atoms with E-state index in [0.717, 1.165) is 28.1 Å². The summed E-state index contributed by atoms with van der Waals surface area (Å²) in [5.74, 6) is -0.0459. The lowest BCUT2D eigenvalue weighted by molar-refractivity contribution is 0.0734. The van der Waals surface area contributed by atoms with E-state index >= 15 is 0 Å². The van der Waals surface area contributed by atoms with Crippen molar-refractivity contribution in [2.75, 3.05) is 6.54 Å². The number of hydrogen-bond acceptors (Lipinski definition) is 3. The van der Waals surface area contributed by atoms with Crippen LogP contribution in [-0.2, 0) is 13.0 Å². The molecule has 3 heterocycles. The fraction of sp³-hybridized carbons (Fsp3) is 0.160. The van der Waals surface area contributed by atoms with Gasteiger partial charge in [-0.05, 0) is 36.6 Å². The molecule has 0 saturated carbocycles. The van der Waals surface area contributed by atoms with Crippen molar-refractivity contribution in [3.63, 3.8) is 0 Å². The summed E-state index contributed by atoms with van der Waals surface area (Å²) in [4.78, 5) is 29.9. The number of carbonyl (C=O) groups is 1. The molecule has 1 aliphatic heterocycles. The highest BCUT2D eigenvalue weighted by Gasteiger charge is 2.29. The van der Waals surface area contributed by atoms with Crippen molar-refractivity contribution in [1.29, 1.82) is 0 Å². The molecule has 2 aromatic heterocycles. The molecule has 0 aliphatic carbocycles.